The molecule has 0 amide bonds. The molecule has 1 rings (SSSR count). The Bertz CT molecular complexity index is 283. The van der Waals surface area contributed by atoms with Crippen LogP contribution in [0.4, 0.5) is 0 Å². The minimum atomic E-state index is -1.68. The van der Waals surface area contributed by atoms with E-state index in [0.29, 0.717) is 5.92 Å². The Kier molecular flexibility index (Phi) is 4.36. The van der Waals surface area contributed by atoms with Gasteiger partial charge in [0.15, 0.2) is 0 Å². The van der Waals surface area contributed by atoms with Crippen molar-refractivity contribution in [2.24, 2.45) is 5.92 Å². The number of hydrogen-bond donors (Lipinski definition) is 1. The van der Waals surface area contributed by atoms with Crippen LogP contribution in [0.1, 0.15) is 26.3 Å². The Morgan fingerprint density at radius 1 is 1.29 bits per heavy atom. The van der Waals surface area contributed by atoms with Crippen LogP contribution in [0, 0.1) is 5.92 Å². The second kappa shape index (κ2) is 5.32. The van der Waals surface area contributed by atoms with Crippen molar-refractivity contribution in [1.82, 2.24) is 0 Å². The van der Waals surface area contributed by atoms with Crippen LogP contribution < -0.4 is 5.19 Å². The molecule has 0 saturated heterocycles. The third-order valence-electron chi connectivity index (χ3n) is 2.49. The average Bonchev–Trinajstić information content (AvgIpc) is 2.16. The van der Waals surface area contributed by atoms with Gasteiger partial charge in [0, 0.05) is 0 Å². The molecule has 1 N–H and O–H groups in total. The van der Waals surface area contributed by atoms with Crippen LogP contribution in [0.2, 0.25) is 6.04 Å². The van der Waals surface area contributed by atoms with Crippen molar-refractivity contribution in [3.8, 4) is 0 Å². The van der Waals surface area contributed by atoms with E-state index in [2.05, 4.69) is 39.0 Å². The van der Waals surface area contributed by atoms with Gasteiger partial charge in [0.1, 0.15) is 0 Å². The molecule has 0 saturated carbocycles. The molecule has 0 bridgehead atoms. The standard InChI is InChI=1S/C12H20OSi/c1-4-11-7-5-6-8-12(11)14(13)9-10(2)3/h5-8,10,13-14H,4,9H2,1-3H3. The lowest BCUT2D eigenvalue weighted by Gasteiger charge is -2.14. The Morgan fingerprint density at radius 2 is 1.93 bits per heavy atom. The van der Waals surface area contributed by atoms with Crippen LogP contribution in [0.15, 0.2) is 24.3 Å². The quantitative estimate of drug-likeness (QED) is 0.749. The summed E-state index contributed by atoms with van der Waals surface area (Å²) in [4.78, 5) is 10.1. The Balaban J connectivity index is 2.82. The molecule has 2 heteroatoms. The first-order valence-corrected chi connectivity index (χ1v) is 7.32. The van der Waals surface area contributed by atoms with E-state index in [4.69, 9.17) is 0 Å². The first-order chi connectivity index (χ1) is 6.65. The van der Waals surface area contributed by atoms with E-state index in [0.717, 1.165) is 12.5 Å². The highest BCUT2D eigenvalue weighted by atomic mass is 28.3. The van der Waals surface area contributed by atoms with Gasteiger partial charge in [-0.3, -0.25) is 0 Å². The third-order valence-corrected chi connectivity index (χ3v) is 5.16. The van der Waals surface area contributed by atoms with Gasteiger partial charge in [-0.2, -0.15) is 0 Å². The van der Waals surface area contributed by atoms with Crippen molar-refractivity contribution >= 4 is 14.2 Å². The summed E-state index contributed by atoms with van der Waals surface area (Å²) in [5.41, 5.74) is 1.33. The largest absolute Gasteiger partial charge is 0.430 e. The molecule has 78 valence electrons. The molecular formula is C12H20OSi. The molecule has 14 heavy (non-hydrogen) atoms. The maximum atomic E-state index is 10.1. The van der Waals surface area contributed by atoms with Crippen LogP contribution >= 0.6 is 0 Å². The number of aryl methyl sites for hydroxylation is 1. The zero-order valence-corrected chi connectivity index (χ0v) is 10.5. The fourth-order valence-electron chi connectivity index (χ4n) is 1.75. The fraction of sp³-hybridized carbons (Fsp3) is 0.500. The lowest BCUT2D eigenvalue weighted by Crippen LogP contribution is -2.33. The van der Waals surface area contributed by atoms with Gasteiger partial charge in [-0.25, -0.2) is 0 Å². The van der Waals surface area contributed by atoms with E-state index in [1.54, 1.807) is 0 Å². The van der Waals surface area contributed by atoms with E-state index >= 15 is 0 Å². The van der Waals surface area contributed by atoms with E-state index in [1.165, 1.54) is 10.8 Å². The van der Waals surface area contributed by atoms with E-state index in [9.17, 15) is 4.80 Å². The third kappa shape index (κ3) is 2.96. The topological polar surface area (TPSA) is 20.2 Å². The van der Waals surface area contributed by atoms with Crippen LogP contribution in [-0.4, -0.2) is 13.8 Å². The van der Waals surface area contributed by atoms with Crippen molar-refractivity contribution in [1.29, 1.82) is 0 Å². The van der Waals surface area contributed by atoms with Gasteiger partial charge in [-0.15, -0.1) is 0 Å². The molecule has 1 nitrogen and oxygen atoms in total. The van der Waals surface area contributed by atoms with E-state index in [-0.39, 0.29) is 0 Å². The van der Waals surface area contributed by atoms with Crippen molar-refractivity contribution < 1.29 is 4.80 Å². The summed E-state index contributed by atoms with van der Waals surface area (Å²) < 4.78 is 0. The van der Waals surface area contributed by atoms with Crippen molar-refractivity contribution in [3.05, 3.63) is 29.8 Å². The second-order valence-electron chi connectivity index (χ2n) is 4.20. The molecular weight excluding hydrogens is 188 g/mol. The van der Waals surface area contributed by atoms with Crippen molar-refractivity contribution in [2.75, 3.05) is 0 Å². The smallest absolute Gasteiger partial charge is 0.204 e. The number of hydrogen-bond acceptors (Lipinski definition) is 1. The van der Waals surface area contributed by atoms with Crippen LogP contribution in [0.3, 0.4) is 0 Å². The highest BCUT2D eigenvalue weighted by molar-refractivity contribution is 6.66. The fourth-order valence-corrected chi connectivity index (χ4v) is 3.96. The van der Waals surface area contributed by atoms with Crippen molar-refractivity contribution in [3.63, 3.8) is 0 Å². The van der Waals surface area contributed by atoms with Crippen molar-refractivity contribution in [2.45, 2.75) is 33.2 Å². The molecule has 0 radical (unpaired) electrons. The number of benzene rings is 1. The molecule has 0 heterocycles. The van der Waals surface area contributed by atoms with E-state index in [1.807, 2.05) is 6.07 Å². The maximum Gasteiger partial charge on any atom is 0.204 e. The molecule has 0 aliphatic carbocycles. The van der Waals surface area contributed by atoms with Crippen LogP contribution in [0.25, 0.3) is 0 Å². The predicted molar refractivity (Wildman–Crippen MR) is 64.5 cm³/mol. The molecule has 1 aromatic carbocycles. The zero-order valence-electron chi connectivity index (χ0n) is 9.33. The predicted octanol–water partition coefficient (Wildman–Crippen LogP) is 1.83. The minimum absolute atomic E-state index is 0.599. The van der Waals surface area contributed by atoms with Gasteiger partial charge < -0.3 is 4.80 Å². The Labute approximate surface area is 88.5 Å². The molecule has 0 aliphatic rings. The summed E-state index contributed by atoms with van der Waals surface area (Å²) >= 11 is 0. The minimum Gasteiger partial charge on any atom is -0.430 e. The molecule has 0 fully saturated rings. The van der Waals surface area contributed by atoms with Gasteiger partial charge in [-0.05, 0) is 29.1 Å². The summed E-state index contributed by atoms with van der Waals surface area (Å²) in [6.45, 7) is 6.49. The van der Waals surface area contributed by atoms with Crippen LogP contribution in [0.5, 0.6) is 0 Å². The number of rotatable bonds is 4. The SMILES string of the molecule is CCc1ccccc1[SiH](O)CC(C)C. The van der Waals surface area contributed by atoms with E-state index < -0.39 is 9.04 Å². The molecule has 0 spiro atoms. The molecule has 1 unspecified atom stereocenters. The zero-order chi connectivity index (χ0) is 10.6. The molecule has 1 atom stereocenters. The highest BCUT2D eigenvalue weighted by Gasteiger charge is 2.14. The second-order valence-corrected chi connectivity index (χ2v) is 6.32. The van der Waals surface area contributed by atoms with Gasteiger partial charge in [0.05, 0.1) is 0 Å². The Morgan fingerprint density at radius 3 is 2.50 bits per heavy atom. The molecule has 0 aliphatic heterocycles. The lowest BCUT2D eigenvalue weighted by molar-refractivity contribution is 0.561. The summed E-state index contributed by atoms with van der Waals surface area (Å²) in [7, 11) is -1.68. The normalized spacial score (nSPS) is 13.2. The Hall–Kier alpha value is -0.603. The van der Waals surface area contributed by atoms with Gasteiger partial charge >= 0.3 is 0 Å². The first-order valence-electron chi connectivity index (χ1n) is 5.41. The lowest BCUT2D eigenvalue weighted by atomic mass is 10.2. The maximum absolute atomic E-state index is 10.1. The average molecular weight is 208 g/mol. The van der Waals surface area contributed by atoms with Gasteiger partial charge in [0.25, 0.3) is 0 Å². The summed E-state index contributed by atoms with van der Waals surface area (Å²) in [5, 5.41) is 1.24. The van der Waals surface area contributed by atoms with Gasteiger partial charge in [0.2, 0.25) is 9.04 Å². The molecule has 1 aromatic rings. The highest BCUT2D eigenvalue weighted by Crippen LogP contribution is 2.06. The van der Waals surface area contributed by atoms with Crippen LogP contribution in [-0.2, 0) is 6.42 Å². The summed E-state index contributed by atoms with van der Waals surface area (Å²) in [6.07, 6.45) is 1.03. The summed E-state index contributed by atoms with van der Waals surface area (Å²) in [5.74, 6) is 0.599. The van der Waals surface area contributed by atoms with Gasteiger partial charge in [-0.1, -0.05) is 45.0 Å². The monoisotopic (exact) mass is 208 g/mol. The molecule has 0 aromatic heterocycles. The first kappa shape index (κ1) is 11.5. The summed E-state index contributed by atoms with van der Waals surface area (Å²) in [6, 6.07) is 9.30.